The minimum Gasteiger partial charge on any atom is -0.382 e. The molecule has 0 aromatic rings. The molecule has 0 saturated heterocycles. The van der Waals surface area contributed by atoms with E-state index in [9.17, 15) is 0 Å². The number of rotatable bonds is 24. The van der Waals surface area contributed by atoms with E-state index in [1.165, 1.54) is 0 Å². The lowest BCUT2D eigenvalue weighted by atomic mass is 10.5. The van der Waals surface area contributed by atoms with Crippen molar-refractivity contribution in [3.05, 3.63) is 0 Å². The lowest BCUT2D eigenvalue weighted by molar-refractivity contribution is -0.00326. The number of hydrogen-bond acceptors (Lipinski definition) is 9. The lowest BCUT2D eigenvalue weighted by Crippen LogP contribution is -2.28. The fourth-order valence-electron chi connectivity index (χ4n) is 1.92. The van der Waals surface area contributed by atoms with Gasteiger partial charge in [-0.15, -0.1) is 0 Å². The summed E-state index contributed by atoms with van der Waals surface area (Å²) in [5.74, 6) is 0. The van der Waals surface area contributed by atoms with Gasteiger partial charge in [0.05, 0.1) is 92.5 Å². The molecule has 28 heavy (non-hydrogen) atoms. The third kappa shape index (κ3) is 23.7. The Balaban J connectivity index is 3.12. The molecule has 0 saturated carbocycles. The van der Waals surface area contributed by atoms with E-state index in [1.807, 2.05) is 0 Å². The van der Waals surface area contributed by atoms with Crippen molar-refractivity contribution in [3.63, 3.8) is 0 Å². The quantitative estimate of drug-likeness (QED) is 0.209. The first kappa shape index (κ1) is 27.6. The Morgan fingerprint density at radius 3 is 0.929 bits per heavy atom. The fraction of sp³-hybridized carbons (Fsp3) is 1.00. The zero-order valence-electron chi connectivity index (χ0n) is 18.0. The van der Waals surface area contributed by atoms with E-state index in [0.717, 1.165) is 13.1 Å². The summed E-state index contributed by atoms with van der Waals surface area (Å²) in [6, 6.07) is 0. The van der Waals surface area contributed by atoms with Gasteiger partial charge in [0.1, 0.15) is 0 Å². The van der Waals surface area contributed by atoms with Crippen molar-refractivity contribution in [2.24, 2.45) is 0 Å². The van der Waals surface area contributed by atoms with Gasteiger partial charge in [-0.3, -0.25) is 0 Å². The zero-order chi connectivity index (χ0) is 20.5. The van der Waals surface area contributed by atoms with Gasteiger partial charge in [0.2, 0.25) is 0 Å². The van der Waals surface area contributed by atoms with Crippen molar-refractivity contribution in [2.75, 3.05) is 127 Å². The molecule has 0 aromatic heterocycles. The first-order chi connectivity index (χ1) is 13.8. The van der Waals surface area contributed by atoms with Gasteiger partial charge >= 0.3 is 0 Å². The van der Waals surface area contributed by atoms with Crippen molar-refractivity contribution in [1.82, 2.24) is 4.90 Å². The minimum absolute atomic E-state index is 0.578. The largest absolute Gasteiger partial charge is 0.382 e. The van der Waals surface area contributed by atoms with E-state index in [1.54, 1.807) is 14.2 Å². The molecule has 9 heteroatoms. The van der Waals surface area contributed by atoms with Gasteiger partial charge in [-0.25, -0.2) is 0 Å². The van der Waals surface area contributed by atoms with E-state index in [2.05, 4.69) is 11.9 Å². The van der Waals surface area contributed by atoms with Crippen LogP contribution in [0.4, 0.5) is 0 Å². The maximum Gasteiger partial charge on any atom is 0.0701 e. The highest BCUT2D eigenvalue weighted by atomic mass is 16.6. The number of nitrogens with zero attached hydrogens (tertiary/aromatic N) is 1. The molecule has 0 atom stereocenters. The van der Waals surface area contributed by atoms with Crippen molar-refractivity contribution in [2.45, 2.75) is 0 Å². The fourth-order valence-corrected chi connectivity index (χ4v) is 1.92. The molecular weight excluding hydrogens is 370 g/mol. The van der Waals surface area contributed by atoms with Crippen LogP contribution >= 0.6 is 0 Å². The zero-order valence-corrected chi connectivity index (χ0v) is 18.0. The smallest absolute Gasteiger partial charge is 0.0701 e. The third-order valence-corrected chi connectivity index (χ3v) is 3.59. The monoisotopic (exact) mass is 411 g/mol. The van der Waals surface area contributed by atoms with Crippen LogP contribution in [0.5, 0.6) is 0 Å². The SMILES string of the molecule is COCCOCCOCCOCCN(C)CCOCCOCCOCCOC. The average Bonchev–Trinajstić information content (AvgIpc) is 2.70. The van der Waals surface area contributed by atoms with Crippen LogP contribution < -0.4 is 0 Å². The highest BCUT2D eigenvalue weighted by molar-refractivity contribution is 4.49. The number of likely N-dealkylation sites (N-methyl/N-ethyl adjacent to an activating group) is 1. The van der Waals surface area contributed by atoms with Gasteiger partial charge in [0, 0.05) is 27.3 Å². The van der Waals surface area contributed by atoms with Crippen LogP contribution in [0.1, 0.15) is 0 Å². The Bertz CT molecular complexity index is 261. The van der Waals surface area contributed by atoms with E-state index < -0.39 is 0 Å². The molecule has 0 aliphatic rings. The second-order valence-corrected chi connectivity index (χ2v) is 5.96. The lowest BCUT2D eigenvalue weighted by Gasteiger charge is -2.16. The number of hydrogen-bond donors (Lipinski definition) is 0. The first-order valence-electron chi connectivity index (χ1n) is 9.94. The normalized spacial score (nSPS) is 11.6. The van der Waals surface area contributed by atoms with Gasteiger partial charge in [-0.1, -0.05) is 0 Å². The molecule has 0 amide bonds. The Labute approximate surface area is 170 Å². The molecule has 0 heterocycles. The molecule has 0 aliphatic heterocycles. The van der Waals surface area contributed by atoms with Crippen LogP contribution in [0.2, 0.25) is 0 Å². The number of methoxy groups -OCH3 is 2. The van der Waals surface area contributed by atoms with E-state index in [-0.39, 0.29) is 0 Å². The summed E-state index contributed by atoms with van der Waals surface area (Å²) in [6.07, 6.45) is 0. The van der Waals surface area contributed by atoms with Crippen molar-refractivity contribution >= 4 is 0 Å². The summed E-state index contributed by atoms with van der Waals surface area (Å²) in [7, 11) is 5.36. The third-order valence-electron chi connectivity index (χ3n) is 3.59. The van der Waals surface area contributed by atoms with Crippen LogP contribution in [0.3, 0.4) is 0 Å². The molecule has 0 bridgehead atoms. The van der Waals surface area contributed by atoms with Crippen LogP contribution in [0.25, 0.3) is 0 Å². The van der Waals surface area contributed by atoms with Crippen LogP contribution in [0, 0.1) is 0 Å². The second-order valence-electron chi connectivity index (χ2n) is 5.96. The molecule has 9 nitrogen and oxygen atoms in total. The summed E-state index contributed by atoms with van der Waals surface area (Å²) in [4.78, 5) is 2.18. The Kier molecular flexibility index (Phi) is 24.4. The summed E-state index contributed by atoms with van der Waals surface area (Å²) >= 11 is 0. The van der Waals surface area contributed by atoms with E-state index in [4.69, 9.17) is 37.9 Å². The molecule has 0 radical (unpaired) electrons. The second kappa shape index (κ2) is 24.7. The Morgan fingerprint density at radius 2 is 0.643 bits per heavy atom. The topological polar surface area (TPSA) is 77.1 Å². The Hall–Kier alpha value is -0.360. The molecule has 0 aliphatic carbocycles. The molecule has 0 fully saturated rings. The van der Waals surface area contributed by atoms with Gasteiger partial charge in [0.25, 0.3) is 0 Å². The molecule has 0 spiro atoms. The molecule has 0 rings (SSSR count). The predicted molar refractivity (Wildman–Crippen MR) is 106 cm³/mol. The Morgan fingerprint density at radius 1 is 0.393 bits per heavy atom. The summed E-state index contributed by atoms with van der Waals surface area (Å²) in [5.41, 5.74) is 0. The van der Waals surface area contributed by atoms with Gasteiger partial charge in [-0.2, -0.15) is 0 Å². The maximum absolute atomic E-state index is 5.55. The average molecular weight is 412 g/mol. The molecule has 0 N–H and O–H groups in total. The van der Waals surface area contributed by atoms with Gasteiger partial charge < -0.3 is 42.8 Å². The summed E-state index contributed by atoms with van der Waals surface area (Å²) < 4.78 is 42.3. The standard InChI is InChI=1S/C19H41NO8/c1-20(4-6-23-12-14-27-18-16-25-10-8-21-2)5-7-24-13-15-28-19-17-26-11-9-22-3/h4-19H2,1-3H3. The highest BCUT2D eigenvalue weighted by Gasteiger charge is 1.99. The predicted octanol–water partition coefficient (Wildman–Crippen LogP) is 0.311. The molecule has 0 unspecified atom stereocenters. The molecular formula is C19H41NO8. The molecule has 170 valence electrons. The van der Waals surface area contributed by atoms with Crippen LogP contribution in [-0.2, 0) is 37.9 Å². The summed E-state index contributed by atoms with van der Waals surface area (Å²) in [5, 5.41) is 0. The van der Waals surface area contributed by atoms with E-state index in [0.29, 0.717) is 92.5 Å². The van der Waals surface area contributed by atoms with Gasteiger partial charge in [0.15, 0.2) is 0 Å². The van der Waals surface area contributed by atoms with Crippen LogP contribution in [-0.4, -0.2) is 132 Å². The number of ether oxygens (including phenoxy) is 8. The summed E-state index contributed by atoms with van der Waals surface area (Å²) in [6.45, 7) is 10.2. The highest BCUT2D eigenvalue weighted by Crippen LogP contribution is 1.87. The van der Waals surface area contributed by atoms with Gasteiger partial charge in [-0.05, 0) is 7.05 Å². The molecule has 0 aromatic carbocycles. The van der Waals surface area contributed by atoms with Crippen molar-refractivity contribution in [1.29, 1.82) is 0 Å². The minimum atomic E-state index is 0.578. The van der Waals surface area contributed by atoms with Crippen molar-refractivity contribution in [3.8, 4) is 0 Å². The van der Waals surface area contributed by atoms with E-state index >= 15 is 0 Å². The maximum atomic E-state index is 5.55. The van der Waals surface area contributed by atoms with Crippen molar-refractivity contribution < 1.29 is 37.9 Å². The van der Waals surface area contributed by atoms with Crippen LogP contribution in [0.15, 0.2) is 0 Å². The first-order valence-corrected chi connectivity index (χ1v) is 9.94.